The molecule has 2 unspecified atom stereocenters. The molecule has 0 spiro atoms. The van der Waals surface area contributed by atoms with Gasteiger partial charge in [0.25, 0.3) is 0 Å². The molecule has 2 bridgehead atoms. The van der Waals surface area contributed by atoms with Gasteiger partial charge in [0, 0.05) is 19.1 Å². The van der Waals surface area contributed by atoms with Crippen molar-refractivity contribution in [2.75, 3.05) is 26.2 Å². The molecule has 5 heteroatoms. The first-order valence-electron chi connectivity index (χ1n) is 7.23. The van der Waals surface area contributed by atoms with Gasteiger partial charge in [-0.25, -0.2) is 8.78 Å². The number of nitrogens with zero attached hydrogens (tertiary/aromatic N) is 1. The number of aliphatic hydroxyl groups is 1. The van der Waals surface area contributed by atoms with Crippen LogP contribution in [0.3, 0.4) is 0 Å². The zero-order valence-electron chi connectivity index (χ0n) is 11.4. The van der Waals surface area contributed by atoms with Crippen molar-refractivity contribution in [1.29, 1.82) is 0 Å². The van der Waals surface area contributed by atoms with Gasteiger partial charge in [-0.2, -0.15) is 0 Å². The van der Waals surface area contributed by atoms with Crippen molar-refractivity contribution in [2.24, 2.45) is 5.92 Å². The van der Waals surface area contributed by atoms with E-state index in [0.29, 0.717) is 12.0 Å². The smallest absolute Gasteiger partial charge is 0.131 e. The van der Waals surface area contributed by atoms with Gasteiger partial charge in [0.2, 0.25) is 0 Å². The molecule has 3 aliphatic heterocycles. The fraction of sp³-hybridized carbons (Fsp3) is 0.600. The minimum Gasteiger partial charge on any atom is -0.387 e. The van der Waals surface area contributed by atoms with Crippen LogP contribution in [-0.2, 0) is 0 Å². The van der Waals surface area contributed by atoms with Crippen LogP contribution in [0.15, 0.2) is 18.2 Å². The average Bonchev–Trinajstić information content (AvgIpc) is 2.46. The van der Waals surface area contributed by atoms with E-state index in [1.165, 1.54) is 31.0 Å². The molecule has 0 aromatic heterocycles. The minimum absolute atomic E-state index is 0.187. The van der Waals surface area contributed by atoms with Crippen molar-refractivity contribution in [3.63, 3.8) is 0 Å². The lowest BCUT2D eigenvalue weighted by Crippen LogP contribution is -2.56. The summed E-state index contributed by atoms with van der Waals surface area (Å²) in [5.41, 5.74) is -0.235. The summed E-state index contributed by atoms with van der Waals surface area (Å²) in [7, 11) is 0. The van der Waals surface area contributed by atoms with E-state index in [0.717, 1.165) is 19.6 Å². The molecule has 2 atom stereocenters. The Morgan fingerprint density at radius 2 is 1.90 bits per heavy atom. The molecule has 0 radical (unpaired) electrons. The summed E-state index contributed by atoms with van der Waals surface area (Å²) in [6.07, 6.45) is 1.19. The molecule has 1 aromatic carbocycles. The Bertz CT molecular complexity index is 455. The van der Waals surface area contributed by atoms with Gasteiger partial charge in [-0.15, -0.1) is 0 Å². The zero-order chi connectivity index (χ0) is 14.1. The Hall–Kier alpha value is -1.04. The molecule has 3 fully saturated rings. The molecular formula is C15H20F2N2O. The summed E-state index contributed by atoms with van der Waals surface area (Å²) in [5.74, 6) is -0.751. The molecule has 0 saturated carbocycles. The van der Waals surface area contributed by atoms with Crippen LogP contribution in [0, 0.1) is 17.6 Å². The number of piperidine rings is 3. The second kappa shape index (κ2) is 5.76. The average molecular weight is 282 g/mol. The van der Waals surface area contributed by atoms with Crippen LogP contribution in [0.2, 0.25) is 0 Å². The van der Waals surface area contributed by atoms with E-state index >= 15 is 0 Å². The lowest BCUT2D eigenvalue weighted by molar-refractivity contribution is 0.0627. The van der Waals surface area contributed by atoms with Crippen LogP contribution in [0.1, 0.15) is 24.5 Å². The molecule has 3 saturated heterocycles. The second-order valence-corrected chi connectivity index (χ2v) is 5.80. The predicted molar refractivity (Wildman–Crippen MR) is 72.3 cm³/mol. The highest BCUT2D eigenvalue weighted by atomic mass is 19.1. The maximum absolute atomic E-state index is 13.6. The molecule has 1 aromatic rings. The lowest BCUT2D eigenvalue weighted by Gasteiger charge is -2.45. The summed E-state index contributed by atoms with van der Waals surface area (Å²) in [5, 5.41) is 13.3. The largest absolute Gasteiger partial charge is 0.387 e. The molecule has 0 amide bonds. The molecule has 3 aliphatic rings. The van der Waals surface area contributed by atoms with Crippen molar-refractivity contribution < 1.29 is 13.9 Å². The number of hydrogen-bond acceptors (Lipinski definition) is 3. The first-order chi connectivity index (χ1) is 9.65. The molecule has 4 rings (SSSR count). The molecule has 3 heterocycles. The van der Waals surface area contributed by atoms with Crippen molar-refractivity contribution in [3.8, 4) is 0 Å². The third-order valence-electron chi connectivity index (χ3n) is 4.56. The van der Waals surface area contributed by atoms with Crippen LogP contribution < -0.4 is 5.32 Å². The van der Waals surface area contributed by atoms with E-state index in [-0.39, 0.29) is 12.1 Å². The Kier molecular flexibility index (Phi) is 4.01. The SMILES string of the molecule is OC(CNC1CN2CCC1CC2)c1c(F)cccc1F. The summed E-state index contributed by atoms with van der Waals surface area (Å²) in [4.78, 5) is 2.40. The zero-order valence-corrected chi connectivity index (χ0v) is 11.4. The standard InChI is InChI=1S/C15H20F2N2O/c16-11-2-1-3-12(17)15(11)14(20)8-18-13-9-19-6-4-10(13)5-7-19/h1-3,10,13-14,18,20H,4-9H2. The van der Waals surface area contributed by atoms with E-state index in [1.54, 1.807) is 0 Å². The van der Waals surface area contributed by atoms with E-state index < -0.39 is 17.7 Å². The third kappa shape index (κ3) is 2.71. The molecule has 0 aliphatic carbocycles. The quantitative estimate of drug-likeness (QED) is 0.882. The van der Waals surface area contributed by atoms with E-state index in [2.05, 4.69) is 10.2 Å². The van der Waals surface area contributed by atoms with E-state index in [9.17, 15) is 13.9 Å². The van der Waals surface area contributed by atoms with Crippen LogP contribution in [0.5, 0.6) is 0 Å². The van der Waals surface area contributed by atoms with Crippen molar-refractivity contribution in [1.82, 2.24) is 10.2 Å². The maximum atomic E-state index is 13.6. The molecule has 3 nitrogen and oxygen atoms in total. The Labute approximate surface area is 117 Å². The summed E-state index contributed by atoms with van der Waals surface area (Å²) >= 11 is 0. The highest BCUT2D eigenvalue weighted by Gasteiger charge is 2.34. The summed E-state index contributed by atoms with van der Waals surface area (Å²) in [6, 6.07) is 3.98. The summed E-state index contributed by atoms with van der Waals surface area (Å²) in [6.45, 7) is 3.45. The number of aliphatic hydroxyl groups excluding tert-OH is 1. The fourth-order valence-corrected chi connectivity index (χ4v) is 3.39. The highest BCUT2D eigenvalue weighted by molar-refractivity contribution is 5.22. The summed E-state index contributed by atoms with van der Waals surface area (Å²) < 4.78 is 27.2. The normalized spacial score (nSPS) is 30.4. The third-order valence-corrected chi connectivity index (χ3v) is 4.56. The topological polar surface area (TPSA) is 35.5 Å². The van der Waals surface area contributed by atoms with Crippen LogP contribution in [0.4, 0.5) is 8.78 Å². The van der Waals surface area contributed by atoms with Crippen LogP contribution >= 0.6 is 0 Å². The Morgan fingerprint density at radius 3 is 2.45 bits per heavy atom. The molecule has 110 valence electrons. The van der Waals surface area contributed by atoms with Gasteiger partial charge in [0.15, 0.2) is 0 Å². The van der Waals surface area contributed by atoms with Gasteiger partial charge in [0.1, 0.15) is 11.6 Å². The van der Waals surface area contributed by atoms with E-state index in [1.807, 2.05) is 0 Å². The van der Waals surface area contributed by atoms with Crippen molar-refractivity contribution >= 4 is 0 Å². The van der Waals surface area contributed by atoms with Gasteiger partial charge in [0.05, 0.1) is 11.7 Å². The van der Waals surface area contributed by atoms with Gasteiger partial charge < -0.3 is 15.3 Å². The second-order valence-electron chi connectivity index (χ2n) is 5.80. The van der Waals surface area contributed by atoms with Crippen molar-refractivity contribution in [2.45, 2.75) is 25.0 Å². The maximum Gasteiger partial charge on any atom is 0.131 e. The van der Waals surface area contributed by atoms with Gasteiger partial charge >= 0.3 is 0 Å². The number of benzene rings is 1. The minimum atomic E-state index is -1.15. The lowest BCUT2D eigenvalue weighted by atomic mass is 9.84. The monoisotopic (exact) mass is 282 g/mol. The van der Waals surface area contributed by atoms with Gasteiger partial charge in [-0.1, -0.05) is 6.07 Å². The van der Waals surface area contributed by atoms with E-state index in [4.69, 9.17) is 0 Å². The van der Waals surface area contributed by atoms with Crippen LogP contribution in [-0.4, -0.2) is 42.2 Å². The fourth-order valence-electron chi connectivity index (χ4n) is 3.39. The number of nitrogens with one attached hydrogen (secondary N) is 1. The predicted octanol–water partition coefficient (Wildman–Crippen LogP) is 1.68. The number of halogens is 2. The van der Waals surface area contributed by atoms with Gasteiger partial charge in [-0.05, 0) is 44.0 Å². The van der Waals surface area contributed by atoms with Crippen LogP contribution in [0.25, 0.3) is 0 Å². The number of hydrogen-bond donors (Lipinski definition) is 2. The first-order valence-corrected chi connectivity index (χ1v) is 7.23. The van der Waals surface area contributed by atoms with Gasteiger partial charge in [-0.3, -0.25) is 0 Å². The first kappa shape index (κ1) is 13.9. The highest BCUT2D eigenvalue weighted by Crippen LogP contribution is 2.28. The molecule has 20 heavy (non-hydrogen) atoms. The Balaban J connectivity index is 1.61. The molecular weight excluding hydrogens is 262 g/mol. The number of rotatable bonds is 4. The molecule has 2 N–H and O–H groups in total. The van der Waals surface area contributed by atoms with Crippen molar-refractivity contribution in [3.05, 3.63) is 35.4 Å². The Morgan fingerprint density at radius 1 is 1.25 bits per heavy atom. The number of fused-ring (bicyclic) bond motifs is 3.